The van der Waals surface area contributed by atoms with Crippen molar-refractivity contribution in [3.63, 3.8) is 0 Å². The fraction of sp³-hybridized carbons (Fsp3) is 0.517. The van der Waals surface area contributed by atoms with E-state index in [1.807, 2.05) is 51.1 Å². The van der Waals surface area contributed by atoms with Crippen LogP contribution in [0, 0.1) is 5.92 Å². The van der Waals surface area contributed by atoms with Crippen molar-refractivity contribution < 1.29 is 27.9 Å². The molecule has 2 aromatic carbocycles. The zero-order valence-corrected chi connectivity index (χ0v) is 25.3. The van der Waals surface area contributed by atoms with Crippen LogP contribution in [0.4, 0.5) is 0 Å². The van der Waals surface area contributed by atoms with E-state index in [9.17, 15) is 23.1 Å². The van der Waals surface area contributed by atoms with Gasteiger partial charge in [0.1, 0.15) is 11.6 Å². The van der Waals surface area contributed by atoms with Crippen molar-refractivity contribution in [1.29, 1.82) is 0 Å². The number of hydrogen-bond donors (Lipinski definition) is 2. The molecule has 1 unspecified atom stereocenters. The first-order valence-electron chi connectivity index (χ1n) is 13.6. The molecule has 2 amide bonds. The molecule has 2 N–H and O–H groups in total. The molecular formula is C29H42ClN3O6S. The lowest BCUT2D eigenvalue weighted by atomic mass is 9.98. The minimum atomic E-state index is -3.99. The minimum Gasteiger partial charge on any atom is -0.497 e. The highest BCUT2D eigenvalue weighted by atomic mass is 35.5. The van der Waals surface area contributed by atoms with Gasteiger partial charge < -0.3 is 9.84 Å². The summed E-state index contributed by atoms with van der Waals surface area (Å²) in [6, 6.07) is 14.3. The summed E-state index contributed by atoms with van der Waals surface area (Å²) in [5.41, 5.74) is 3.38. The van der Waals surface area contributed by atoms with Gasteiger partial charge in [-0.05, 0) is 48.6 Å². The second kappa shape index (κ2) is 16.6. The highest BCUT2D eigenvalue weighted by Crippen LogP contribution is 2.23. The minimum absolute atomic E-state index is 0.0360. The lowest BCUT2D eigenvalue weighted by molar-refractivity contribution is -0.147. The smallest absolute Gasteiger partial charge is 0.253 e. The highest BCUT2D eigenvalue weighted by molar-refractivity contribution is 7.89. The third-order valence-electron chi connectivity index (χ3n) is 6.77. The zero-order valence-electron chi connectivity index (χ0n) is 23.8. The summed E-state index contributed by atoms with van der Waals surface area (Å²) >= 11 is 5.76. The third kappa shape index (κ3) is 9.76. The summed E-state index contributed by atoms with van der Waals surface area (Å²) in [5, 5.41) is 12.8. The van der Waals surface area contributed by atoms with Gasteiger partial charge in [-0.2, -0.15) is 4.31 Å². The molecular weight excluding hydrogens is 554 g/mol. The lowest BCUT2D eigenvalue weighted by Gasteiger charge is -2.37. The van der Waals surface area contributed by atoms with E-state index in [4.69, 9.17) is 16.3 Å². The van der Waals surface area contributed by atoms with Gasteiger partial charge in [-0.1, -0.05) is 63.9 Å². The van der Waals surface area contributed by atoms with E-state index in [1.54, 1.807) is 12.1 Å². The van der Waals surface area contributed by atoms with E-state index in [2.05, 4.69) is 5.43 Å². The van der Waals surface area contributed by atoms with Crippen molar-refractivity contribution in [1.82, 2.24) is 14.7 Å². The van der Waals surface area contributed by atoms with Crippen LogP contribution in [-0.2, 0) is 26.0 Å². The number of nitrogens with one attached hydrogen (secondary N) is 1. The number of sulfonamides is 1. The van der Waals surface area contributed by atoms with Gasteiger partial charge in [0.05, 0.1) is 24.2 Å². The van der Waals surface area contributed by atoms with Gasteiger partial charge in [-0.15, -0.1) is 11.6 Å². The van der Waals surface area contributed by atoms with E-state index in [0.717, 1.165) is 23.4 Å². The van der Waals surface area contributed by atoms with Crippen LogP contribution in [0.5, 0.6) is 5.75 Å². The number of carbonyl (C=O) groups excluding carboxylic acids is 2. The predicted octanol–water partition coefficient (Wildman–Crippen LogP) is 3.99. The molecule has 222 valence electrons. The number of alkyl halides is 1. The Balaban J connectivity index is 2.49. The molecule has 0 bridgehead atoms. The molecule has 2 rings (SSSR count). The maximum Gasteiger partial charge on any atom is 0.253 e. The monoisotopic (exact) mass is 595 g/mol. The molecule has 0 radical (unpaired) electrons. The normalized spacial score (nSPS) is 13.9. The Morgan fingerprint density at radius 3 is 2.27 bits per heavy atom. The molecule has 0 aliphatic carbocycles. The quantitative estimate of drug-likeness (QED) is 0.224. The second-order valence-electron chi connectivity index (χ2n) is 9.87. The molecule has 0 aromatic heterocycles. The molecule has 0 aliphatic rings. The van der Waals surface area contributed by atoms with Crippen molar-refractivity contribution in [3.05, 3.63) is 60.2 Å². The number of rotatable bonds is 16. The molecule has 2 aromatic rings. The Morgan fingerprint density at radius 2 is 1.73 bits per heavy atom. The number of nitrogens with zero attached hydrogens (tertiary/aromatic N) is 2. The fourth-order valence-corrected chi connectivity index (χ4v) is 5.72. The Hall–Kier alpha value is -2.66. The number of aliphatic hydroxyl groups excluding tert-OH is 1. The zero-order chi connectivity index (χ0) is 29.7. The van der Waals surface area contributed by atoms with Gasteiger partial charge in [0, 0.05) is 19.5 Å². The van der Waals surface area contributed by atoms with E-state index in [1.165, 1.54) is 23.5 Å². The molecule has 0 saturated carbocycles. The number of unbranched alkanes of at least 4 members (excludes halogenated alkanes) is 1. The summed E-state index contributed by atoms with van der Waals surface area (Å²) in [5.74, 6) is -0.805. The molecule has 0 fully saturated rings. The molecule has 40 heavy (non-hydrogen) atoms. The standard InChI is InChI=1S/C29H42ClN3O6S/c1-5-7-17-32(40(37,38)25-15-13-24(39-4)14-16-25)21-27(34)26(19-23-11-9-8-10-12-23)33(31-28(35)20-30)29(36)18-22(3)6-2/h8-16,22,26-27,34H,5-7,17-21H2,1-4H3,(H,31,35)/t22-,26?,27+/m0/s1. The van der Waals surface area contributed by atoms with Crippen molar-refractivity contribution in [2.45, 2.75) is 69.9 Å². The van der Waals surface area contributed by atoms with Crippen LogP contribution in [0.25, 0.3) is 0 Å². The number of methoxy groups -OCH3 is 1. The molecule has 0 spiro atoms. The first-order valence-corrected chi connectivity index (χ1v) is 15.6. The van der Waals surface area contributed by atoms with E-state index >= 15 is 0 Å². The molecule has 3 atom stereocenters. The summed E-state index contributed by atoms with van der Waals surface area (Å²) in [6.45, 7) is 5.73. The summed E-state index contributed by atoms with van der Waals surface area (Å²) < 4.78 is 33.7. The van der Waals surface area contributed by atoms with Crippen LogP contribution >= 0.6 is 11.6 Å². The Kier molecular flexibility index (Phi) is 13.9. The van der Waals surface area contributed by atoms with Gasteiger partial charge in [0.15, 0.2) is 0 Å². The maximum atomic E-state index is 13.7. The van der Waals surface area contributed by atoms with Crippen LogP contribution in [0.2, 0.25) is 0 Å². The summed E-state index contributed by atoms with van der Waals surface area (Å²) in [7, 11) is -2.49. The van der Waals surface area contributed by atoms with Crippen molar-refractivity contribution >= 4 is 33.4 Å². The molecule has 0 heterocycles. The van der Waals surface area contributed by atoms with E-state index in [0.29, 0.717) is 12.2 Å². The van der Waals surface area contributed by atoms with Crippen molar-refractivity contribution in [3.8, 4) is 5.75 Å². The number of hydrogen-bond acceptors (Lipinski definition) is 6. The van der Waals surface area contributed by atoms with Crippen LogP contribution < -0.4 is 10.2 Å². The number of benzene rings is 2. The summed E-state index contributed by atoms with van der Waals surface area (Å²) in [6.07, 6.45) is 1.05. The highest BCUT2D eigenvalue weighted by Gasteiger charge is 2.35. The number of aliphatic hydroxyl groups is 1. The van der Waals surface area contributed by atoms with Gasteiger partial charge in [0.2, 0.25) is 15.9 Å². The largest absolute Gasteiger partial charge is 0.497 e. The summed E-state index contributed by atoms with van der Waals surface area (Å²) in [4.78, 5) is 25.9. The Bertz CT molecular complexity index is 1160. The number of ether oxygens (including phenoxy) is 1. The first kappa shape index (κ1) is 33.5. The van der Waals surface area contributed by atoms with Gasteiger partial charge in [0.25, 0.3) is 5.91 Å². The van der Waals surface area contributed by atoms with Gasteiger partial charge >= 0.3 is 0 Å². The second-order valence-corrected chi connectivity index (χ2v) is 12.1. The van der Waals surface area contributed by atoms with Crippen LogP contribution in [0.15, 0.2) is 59.5 Å². The SMILES string of the molecule is CCCCN(C[C@@H](O)C(Cc1ccccc1)N(NC(=O)CCl)C(=O)C[C@@H](C)CC)S(=O)(=O)c1ccc(OC)cc1. The maximum absolute atomic E-state index is 13.7. The van der Waals surface area contributed by atoms with Gasteiger partial charge in [-0.3, -0.25) is 15.0 Å². The number of hydrazine groups is 1. The van der Waals surface area contributed by atoms with Crippen molar-refractivity contribution in [2.75, 3.05) is 26.1 Å². The van der Waals surface area contributed by atoms with Gasteiger partial charge in [-0.25, -0.2) is 13.4 Å². The third-order valence-corrected chi connectivity index (χ3v) is 8.89. The molecule has 0 saturated heterocycles. The van der Waals surface area contributed by atoms with Crippen LogP contribution in [0.1, 0.15) is 52.0 Å². The lowest BCUT2D eigenvalue weighted by Crippen LogP contribution is -2.59. The Labute approximate surface area is 243 Å². The fourth-order valence-electron chi connectivity index (χ4n) is 4.16. The average molecular weight is 596 g/mol. The number of carbonyl (C=O) groups is 2. The molecule has 0 aliphatic heterocycles. The first-order chi connectivity index (χ1) is 19.1. The Morgan fingerprint density at radius 1 is 1.07 bits per heavy atom. The van der Waals surface area contributed by atoms with E-state index < -0.39 is 28.1 Å². The molecule has 11 heteroatoms. The average Bonchev–Trinajstić information content (AvgIpc) is 2.96. The topological polar surface area (TPSA) is 116 Å². The number of halogens is 1. The van der Waals surface area contributed by atoms with Crippen LogP contribution in [0.3, 0.4) is 0 Å². The number of amides is 2. The molecule has 9 nitrogen and oxygen atoms in total. The van der Waals surface area contributed by atoms with Crippen molar-refractivity contribution in [2.24, 2.45) is 5.92 Å². The predicted molar refractivity (Wildman–Crippen MR) is 156 cm³/mol. The van der Waals surface area contributed by atoms with Crippen LogP contribution in [-0.4, -0.2) is 72.9 Å². The van der Waals surface area contributed by atoms with E-state index in [-0.39, 0.29) is 48.5 Å².